The minimum Gasteiger partial charge on any atom is -0.469 e. The van der Waals surface area contributed by atoms with Crippen LogP contribution < -0.4 is 4.72 Å². The number of aromatic nitrogens is 1. The van der Waals surface area contributed by atoms with Crippen LogP contribution in [0.1, 0.15) is 25.0 Å². The van der Waals surface area contributed by atoms with E-state index >= 15 is 0 Å². The molecule has 0 aromatic carbocycles. The molecule has 1 N–H and O–H groups in total. The predicted octanol–water partition coefficient (Wildman–Crippen LogP) is 1.00. The Hall–Kier alpha value is -1.19. The van der Waals surface area contributed by atoms with E-state index in [1.807, 2.05) is 0 Å². The number of ether oxygens (including phenoxy) is 1. The first-order valence-electron chi connectivity index (χ1n) is 6.30. The van der Waals surface area contributed by atoms with E-state index in [0.717, 1.165) is 30.6 Å². The SMILES string of the molecule is COC(=O)Cc1csc(NS(=O)(=O)N2CCCCC2)n1. The van der Waals surface area contributed by atoms with Crippen LogP contribution in [0.5, 0.6) is 0 Å². The van der Waals surface area contributed by atoms with Crippen LogP contribution in [-0.2, 0) is 26.2 Å². The number of carbonyl (C=O) groups excluding carboxylic acids is 1. The lowest BCUT2D eigenvalue weighted by atomic mass is 10.2. The van der Waals surface area contributed by atoms with Gasteiger partial charge >= 0.3 is 16.2 Å². The minimum atomic E-state index is -3.54. The molecule has 1 aromatic rings. The number of piperidine rings is 1. The zero-order chi connectivity index (χ0) is 14.6. The van der Waals surface area contributed by atoms with Crippen molar-refractivity contribution < 1.29 is 17.9 Å². The van der Waals surface area contributed by atoms with Crippen LogP contribution in [0.25, 0.3) is 0 Å². The Morgan fingerprint density at radius 1 is 1.45 bits per heavy atom. The summed E-state index contributed by atoms with van der Waals surface area (Å²) in [5.74, 6) is -0.402. The maximum Gasteiger partial charge on any atom is 0.311 e. The second-order valence-corrected chi connectivity index (χ2v) is 6.99. The maximum absolute atomic E-state index is 12.1. The third-order valence-electron chi connectivity index (χ3n) is 2.98. The van der Waals surface area contributed by atoms with Crippen molar-refractivity contribution in [1.29, 1.82) is 0 Å². The van der Waals surface area contributed by atoms with Crippen molar-refractivity contribution in [2.75, 3.05) is 24.9 Å². The van der Waals surface area contributed by atoms with Crippen LogP contribution in [0.3, 0.4) is 0 Å². The Morgan fingerprint density at radius 3 is 2.80 bits per heavy atom. The van der Waals surface area contributed by atoms with E-state index in [-0.39, 0.29) is 11.6 Å². The second kappa shape index (κ2) is 6.51. The summed E-state index contributed by atoms with van der Waals surface area (Å²) in [6.45, 7) is 1.07. The van der Waals surface area contributed by atoms with Crippen molar-refractivity contribution in [3.63, 3.8) is 0 Å². The van der Waals surface area contributed by atoms with Gasteiger partial charge in [0.15, 0.2) is 5.13 Å². The van der Waals surface area contributed by atoms with Crippen LogP contribution in [0.15, 0.2) is 5.38 Å². The molecule has 1 aliphatic rings. The number of carbonyl (C=O) groups is 1. The molecule has 0 atom stereocenters. The van der Waals surface area contributed by atoms with Crippen LogP contribution in [0.2, 0.25) is 0 Å². The quantitative estimate of drug-likeness (QED) is 0.818. The average molecular weight is 319 g/mol. The van der Waals surface area contributed by atoms with Crippen molar-refractivity contribution in [2.45, 2.75) is 25.7 Å². The highest BCUT2D eigenvalue weighted by Gasteiger charge is 2.24. The molecule has 1 aliphatic heterocycles. The van der Waals surface area contributed by atoms with Gasteiger partial charge in [0.05, 0.1) is 19.2 Å². The lowest BCUT2D eigenvalue weighted by molar-refractivity contribution is -0.139. The Balaban J connectivity index is 2.00. The van der Waals surface area contributed by atoms with E-state index in [4.69, 9.17) is 0 Å². The van der Waals surface area contributed by atoms with Crippen LogP contribution in [-0.4, -0.2) is 43.9 Å². The Morgan fingerprint density at radius 2 is 2.15 bits per heavy atom. The molecular formula is C11H17N3O4S2. The number of hydrogen-bond donors (Lipinski definition) is 1. The van der Waals surface area contributed by atoms with Crippen molar-refractivity contribution in [3.05, 3.63) is 11.1 Å². The third-order valence-corrected chi connectivity index (χ3v) is 5.41. The summed E-state index contributed by atoms with van der Waals surface area (Å²) in [7, 11) is -2.24. The van der Waals surface area contributed by atoms with Gasteiger partial charge in [0.1, 0.15) is 0 Å². The van der Waals surface area contributed by atoms with Gasteiger partial charge < -0.3 is 4.74 Å². The molecule has 0 amide bonds. The number of nitrogens with zero attached hydrogens (tertiary/aromatic N) is 2. The van der Waals surface area contributed by atoms with E-state index in [1.54, 1.807) is 5.38 Å². The molecule has 2 heterocycles. The van der Waals surface area contributed by atoms with Crippen LogP contribution in [0.4, 0.5) is 5.13 Å². The van der Waals surface area contributed by atoms with Gasteiger partial charge in [-0.2, -0.15) is 12.7 Å². The fraction of sp³-hybridized carbons (Fsp3) is 0.636. The molecule has 0 radical (unpaired) electrons. The standard InChI is InChI=1S/C11H17N3O4S2/c1-18-10(15)7-9-8-19-11(12-9)13-20(16,17)14-5-3-2-4-6-14/h8H,2-7H2,1H3,(H,12,13). The van der Waals surface area contributed by atoms with Gasteiger partial charge in [-0.1, -0.05) is 6.42 Å². The first-order valence-corrected chi connectivity index (χ1v) is 8.62. The normalized spacial score (nSPS) is 16.9. The molecule has 1 saturated heterocycles. The molecule has 7 nitrogen and oxygen atoms in total. The van der Waals surface area contributed by atoms with Gasteiger partial charge in [-0.05, 0) is 12.8 Å². The number of thiazole rings is 1. The van der Waals surface area contributed by atoms with Crippen molar-refractivity contribution >= 4 is 32.6 Å². The summed E-state index contributed by atoms with van der Waals surface area (Å²) in [6, 6.07) is 0. The monoisotopic (exact) mass is 319 g/mol. The van der Waals surface area contributed by atoms with Gasteiger partial charge in [0.25, 0.3) is 0 Å². The molecule has 1 aromatic heterocycles. The summed E-state index contributed by atoms with van der Waals surface area (Å²) >= 11 is 1.16. The number of anilines is 1. The van der Waals surface area contributed by atoms with Gasteiger partial charge in [-0.15, -0.1) is 11.3 Å². The zero-order valence-electron chi connectivity index (χ0n) is 11.2. The molecule has 0 unspecified atom stereocenters. The Kier molecular flexibility index (Phi) is 4.95. The van der Waals surface area contributed by atoms with E-state index in [9.17, 15) is 13.2 Å². The highest BCUT2D eigenvalue weighted by molar-refractivity contribution is 7.90. The maximum atomic E-state index is 12.1. The molecule has 0 spiro atoms. The fourth-order valence-corrected chi connectivity index (χ4v) is 4.13. The molecule has 2 rings (SSSR count). The summed E-state index contributed by atoms with van der Waals surface area (Å²) in [5.41, 5.74) is 0.498. The zero-order valence-corrected chi connectivity index (χ0v) is 12.8. The van der Waals surface area contributed by atoms with E-state index in [1.165, 1.54) is 11.4 Å². The fourth-order valence-electron chi connectivity index (χ4n) is 1.94. The van der Waals surface area contributed by atoms with E-state index < -0.39 is 16.2 Å². The second-order valence-electron chi connectivity index (χ2n) is 4.46. The first-order chi connectivity index (χ1) is 9.51. The lowest BCUT2D eigenvalue weighted by Gasteiger charge is -2.25. The molecule has 9 heteroatoms. The molecular weight excluding hydrogens is 302 g/mol. The summed E-state index contributed by atoms with van der Waals surface area (Å²) in [5, 5.41) is 1.92. The molecule has 0 saturated carbocycles. The predicted molar refractivity (Wildman–Crippen MR) is 75.8 cm³/mol. The third kappa shape index (κ3) is 3.90. The molecule has 20 heavy (non-hydrogen) atoms. The van der Waals surface area contributed by atoms with Gasteiger partial charge in [-0.25, -0.2) is 9.71 Å². The first kappa shape index (κ1) is 15.2. The summed E-state index contributed by atoms with van der Waals surface area (Å²) in [4.78, 5) is 15.2. The van der Waals surface area contributed by atoms with Crippen molar-refractivity contribution in [1.82, 2.24) is 9.29 Å². The van der Waals surface area contributed by atoms with Crippen LogP contribution in [0, 0.1) is 0 Å². The van der Waals surface area contributed by atoms with Crippen LogP contribution >= 0.6 is 11.3 Å². The molecule has 0 aliphatic carbocycles. The van der Waals surface area contributed by atoms with Gasteiger partial charge in [0.2, 0.25) is 0 Å². The Bertz CT molecular complexity index is 564. The van der Waals surface area contributed by atoms with Gasteiger partial charge in [-0.3, -0.25) is 4.79 Å². The number of methoxy groups -OCH3 is 1. The highest BCUT2D eigenvalue weighted by atomic mass is 32.2. The lowest BCUT2D eigenvalue weighted by Crippen LogP contribution is -2.39. The highest BCUT2D eigenvalue weighted by Crippen LogP contribution is 2.20. The number of nitrogens with one attached hydrogen (secondary N) is 1. The molecule has 112 valence electrons. The van der Waals surface area contributed by atoms with Gasteiger partial charge in [0, 0.05) is 18.5 Å². The summed E-state index contributed by atoms with van der Waals surface area (Å²) < 4.78 is 32.7. The largest absolute Gasteiger partial charge is 0.469 e. The number of rotatable bonds is 5. The van der Waals surface area contributed by atoms with Crippen molar-refractivity contribution in [3.8, 4) is 0 Å². The number of esters is 1. The molecule has 1 fully saturated rings. The topological polar surface area (TPSA) is 88.6 Å². The van der Waals surface area contributed by atoms with E-state index in [0.29, 0.717) is 18.8 Å². The number of hydrogen-bond acceptors (Lipinski definition) is 6. The minimum absolute atomic E-state index is 0.0401. The Labute approximate surface area is 122 Å². The smallest absolute Gasteiger partial charge is 0.311 e. The average Bonchev–Trinajstić information content (AvgIpc) is 2.86. The molecule has 0 bridgehead atoms. The summed E-state index contributed by atoms with van der Waals surface area (Å²) in [6.07, 6.45) is 2.86. The van der Waals surface area contributed by atoms with Crippen molar-refractivity contribution in [2.24, 2.45) is 0 Å². The van der Waals surface area contributed by atoms with E-state index in [2.05, 4.69) is 14.4 Å².